The molecule has 0 aromatic rings. The maximum absolute atomic E-state index is 11.9. The van der Waals surface area contributed by atoms with Gasteiger partial charge in [-0.2, -0.15) is 0 Å². The lowest BCUT2D eigenvalue weighted by atomic mass is 9.43. The largest absolute Gasteiger partial charge is 0.299 e. The topological polar surface area (TPSA) is 17.1 Å². The number of fused-ring (bicyclic) bond motifs is 2. The standard InChI is InChI=1S/C11H18O/c1-10(2)6-7-5-8(9(10)12)11(7,3)4/h7-8H,5-6H2,1-4H3/t7-,8+/m0/s1. The van der Waals surface area contributed by atoms with E-state index < -0.39 is 0 Å². The summed E-state index contributed by atoms with van der Waals surface area (Å²) >= 11 is 0. The molecule has 0 saturated heterocycles. The van der Waals surface area contributed by atoms with Crippen molar-refractivity contribution in [3.8, 4) is 0 Å². The van der Waals surface area contributed by atoms with Crippen LogP contribution in [-0.2, 0) is 4.79 Å². The molecule has 0 heterocycles. The summed E-state index contributed by atoms with van der Waals surface area (Å²) in [6.45, 7) is 8.70. The van der Waals surface area contributed by atoms with E-state index in [-0.39, 0.29) is 5.41 Å². The van der Waals surface area contributed by atoms with E-state index in [1.807, 2.05) is 0 Å². The number of carbonyl (C=O) groups is 1. The van der Waals surface area contributed by atoms with E-state index in [2.05, 4.69) is 27.7 Å². The summed E-state index contributed by atoms with van der Waals surface area (Å²) in [5, 5.41) is 0. The molecule has 3 saturated carbocycles. The Morgan fingerprint density at radius 1 is 1.25 bits per heavy atom. The minimum absolute atomic E-state index is 0.0247. The van der Waals surface area contributed by atoms with Crippen LogP contribution < -0.4 is 0 Å². The molecule has 68 valence electrons. The third-order valence-corrected chi connectivity index (χ3v) is 4.21. The molecule has 1 nitrogen and oxygen atoms in total. The van der Waals surface area contributed by atoms with E-state index >= 15 is 0 Å². The molecule has 0 aromatic heterocycles. The quantitative estimate of drug-likeness (QED) is 0.540. The molecular weight excluding hydrogens is 148 g/mol. The highest BCUT2D eigenvalue weighted by Crippen LogP contribution is 2.61. The van der Waals surface area contributed by atoms with Crippen LogP contribution in [0.2, 0.25) is 0 Å². The fraction of sp³-hybridized carbons (Fsp3) is 0.909. The Hall–Kier alpha value is -0.330. The molecule has 2 bridgehead atoms. The van der Waals surface area contributed by atoms with Gasteiger partial charge in [0, 0.05) is 11.3 Å². The molecule has 0 spiro atoms. The summed E-state index contributed by atoms with van der Waals surface area (Å²) in [7, 11) is 0. The van der Waals surface area contributed by atoms with Crippen molar-refractivity contribution >= 4 is 5.78 Å². The molecule has 3 aliphatic rings. The van der Waals surface area contributed by atoms with Gasteiger partial charge in [-0.15, -0.1) is 0 Å². The zero-order valence-corrected chi connectivity index (χ0v) is 8.48. The Labute approximate surface area is 74.5 Å². The first-order valence-electron chi connectivity index (χ1n) is 4.90. The maximum atomic E-state index is 11.9. The van der Waals surface area contributed by atoms with Gasteiger partial charge in [-0.3, -0.25) is 4.79 Å². The Bertz CT molecular complexity index is 237. The van der Waals surface area contributed by atoms with Crippen LogP contribution in [-0.4, -0.2) is 5.78 Å². The van der Waals surface area contributed by atoms with Crippen LogP contribution in [0.3, 0.4) is 0 Å². The lowest BCUT2D eigenvalue weighted by Crippen LogP contribution is -2.58. The molecular formula is C11H18O. The molecule has 0 amide bonds. The van der Waals surface area contributed by atoms with Gasteiger partial charge in [0.2, 0.25) is 0 Å². The zero-order valence-electron chi connectivity index (χ0n) is 8.48. The van der Waals surface area contributed by atoms with Gasteiger partial charge in [0.05, 0.1) is 0 Å². The van der Waals surface area contributed by atoms with E-state index in [1.54, 1.807) is 0 Å². The average Bonchev–Trinajstić information content (AvgIpc) is 1.93. The zero-order chi connectivity index (χ0) is 9.15. The first-order valence-corrected chi connectivity index (χ1v) is 4.90. The number of rotatable bonds is 0. The summed E-state index contributed by atoms with van der Waals surface area (Å²) in [5.74, 6) is 1.68. The van der Waals surface area contributed by atoms with Crippen molar-refractivity contribution in [1.29, 1.82) is 0 Å². The van der Waals surface area contributed by atoms with E-state index in [4.69, 9.17) is 0 Å². The molecule has 0 unspecified atom stereocenters. The van der Waals surface area contributed by atoms with Crippen LogP contribution in [0, 0.1) is 22.7 Å². The SMILES string of the molecule is CC1(C)C[C@@H]2C[C@H](C1=O)C2(C)C. The average molecular weight is 166 g/mol. The fourth-order valence-corrected chi connectivity index (χ4v) is 3.00. The molecule has 2 atom stereocenters. The first kappa shape index (κ1) is 8.28. The lowest BCUT2D eigenvalue weighted by Gasteiger charge is -2.60. The number of ketones is 1. The summed E-state index contributed by atoms with van der Waals surface area (Å²) in [6, 6.07) is 0. The Morgan fingerprint density at radius 2 is 1.83 bits per heavy atom. The Kier molecular flexibility index (Phi) is 1.34. The molecule has 3 fully saturated rings. The van der Waals surface area contributed by atoms with Crippen molar-refractivity contribution in [3.05, 3.63) is 0 Å². The summed E-state index contributed by atoms with van der Waals surface area (Å²) in [6.07, 6.45) is 2.27. The summed E-state index contributed by atoms with van der Waals surface area (Å²) in [5.41, 5.74) is 0.287. The van der Waals surface area contributed by atoms with Crippen molar-refractivity contribution in [2.45, 2.75) is 40.5 Å². The summed E-state index contributed by atoms with van der Waals surface area (Å²) < 4.78 is 0. The van der Waals surface area contributed by atoms with Gasteiger partial charge in [-0.25, -0.2) is 0 Å². The molecule has 3 aliphatic carbocycles. The highest BCUT2D eigenvalue weighted by molar-refractivity contribution is 5.89. The van der Waals surface area contributed by atoms with Gasteiger partial charge in [-0.1, -0.05) is 27.7 Å². The number of carbonyl (C=O) groups excluding carboxylic acids is 1. The minimum atomic E-state index is -0.0247. The number of hydrogen-bond acceptors (Lipinski definition) is 1. The highest BCUT2D eigenvalue weighted by Gasteiger charge is 2.59. The van der Waals surface area contributed by atoms with Crippen LogP contribution in [0.1, 0.15) is 40.5 Å². The van der Waals surface area contributed by atoms with Gasteiger partial charge in [0.1, 0.15) is 5.78 Å². The Balaban J connectivity index is 2.29. The predicted molar refractivity (Wildman–Crippen MR) is 48.8 cm³/mol. The normalized spacial score (nSPS) is 42.2. The summed E-state index contributed by atoms with van der Waals surface area (Å²) in [4.78, 5) is 11.9. The smallest absolute Gasteiger partial charge is 0.142 e. The molecule has 0 aliphatic heterocycles. The van der Waals surface area contributed by atoms with Crippen molar-refractivity contribution in [2.24, 2.45) is 22.7 Å². The molecule has 3 rings (SSSR count). The van der Waals surface area contributed by atoms with Crippen molar-refractivity contribution in [2.75, 3.05) is 0 Å². The van der Waals surface area contributed by atoms with Crippen LogP contribution in [0.4, 0.5) is 0 Å². The second-order valence-electron chi connectivity index (χ2n) is 5.76. The van der Waals surface area contributed by atoms with Crippen LogP contribution in [0.15, 0.2) is 0 Å². The van der Waals surface area contributed by atoms with E-state index in [0.29, 0.717) is 17.1 Å². The molecule has 1 heteroatoms. The molecule has 0 aromatic carbocycles. The Morgan fingerprint density at radius 3 is 2.17 bits per heavy atom. The predicted octanol–water partition coefficient (Wildman–Crippen LogP) is 2.65. The lowest BCUT2D eigenvalue weighted by molar-refractivity contribution is -0.165. The van der Waals surface area contributed by atoms with E-state index in [9.17, 15) is 4.79 Å². The van der Waals surface area contributed by atoms with Crippen molar-refractivity contribution < 1.29 is 4.79 Å². The van der Waals surface area contributed by atoms with Gasteiger partial charge in [0.15, 0.2) is 0 Å². The van der Waals surface area contributed by atoms with Gasteiger partial charge in [-0.05, 0) is 24.2 Å². The number of Topliss-reactive ketones (excluding diaryl/α,β-unsaturated/α-hetero) is 1. The monoisotopic (exact) mass is 166 g/mol. The fourth-order valence-electron chi connectivity index (χ4n) is 3.00. The van der Waals surface area contributed by atoms with E-state index in [0.717, 1.165) is 18.8 Å². The second kappa shape index (κ2) is 1.94. The van der Waals surface area contributed by atoms with Crippen LogP contribution in [0.5, 0.6) is 0 Å². The van der Waals surface area contributed by atoms with Crippen LogP contribution >= 0.6 is 0 Å². The maximum Gasteiger partial charge on any atom is 0.142 e. The van der Waals surface area contributed by atoms with Crippen molar-refractivity contribution in [3.63, 3.8) is 0 Å². The molecule has 0 radical (unpaired) electrons. The highest BCUT2D eigenvalue weighted by atomic mass is 16.1. The third kappa shape index (κ3) is 0.773. The van der Waals surface area contributed by atoms with Gasteiger partial charge in [0.25, 0.3) is 0 Å². The minimum Gasteiger partial charge on any atom is -0.299 e. The van der Waals surface area contributed by atoms with Gasteiger partial charge < -0.3 is 0 Å². The van der Waals surface area contributed by atoms with E-state index in [1.165, 1.54) is 0 Å². The molecule has 0 N–H and O–H groups in total. The first-order chi connectivity index (χ1) is 5.36. The van der Waals surface area contributed by atoms with Crippen molar-refractivity contribution in [1.82, 2.24) is 0 Å². The second-order valence-corrected chi connectivity index (χ2v) is 5.76. The van der Waals surface area contributed by atoms with Gasteiger partial charge >= 0.3 is 0 Å². The molecule has 12 heavy (non-hydrogen) atoms. The van der Waals surface area contributed by atoms with Crippen LogP contribution in [0.25, 0.3) is 0 Å². The number of hydrogen-bond donors (Lipinski definition) is 0. The third-order valence-electron chi connectivity index (χ3n) is 4.21.